The quantitative estimate of drug-likeness (QED) is 0.557. The van der Waals surface area contributed by atoms with Crippen molar-refractivity contribution in [1.29, 1.82) is 0 Å². The van der Waals surface area contributed by atoms with Gasteiger partial charge in [0.05, 0.1) is 11.1 Å². The Morgan fingerprint density at radius 1 is 1.21 bits per heavy atom. The Morgan fingerprint density at radius 2 is 1.97 bits per heavy atom. The molecule has 1 saturated carbocycles. The number of thioether (sulfide) groups is 1. The van der Waals surface area contributed by atoms with Crippen molar-refractivity contribution in [3.05, 3.63) is 20.8 Å². The van der Waals surface area contributed by atoms with E-state index in [0.717, 1.165) is 61.6 Å². The molecule has 2 aromatic rings. The summed E-state index contributed by atoms with van der Waals surface area (Å²) in [7, 11) is 0. The van der Waals surface area contributed by atoms with Crippen LogP contribution in [-0.4, -0.2) is 33.3 Å². The van der Waals surface area contributed by atoms with Crippen molar-refractivity contribution in [2.75, 3.05) is 5.75 Å². The number of carbonyl (C=O) groups excluding carboxylic acids is 2. The summed E-state index contributed by atoms with van der Waals surface area (Å²) in [6.07, 6.45) is 8.40. The van der Waals surface area contributed by atoms with Gasteiger partial charge >= 0.3 is 6.03 Å². The number of imide groups is 1. The van der Waals surface area contributed by atoms with Crippen LogP contribution in [-0.2, 0) is 24.2 Å². The smallest absolute Gasteiger partial charge is 0.321 e. The van der Waals surface area contributed by atoms with E-state index in [1.807, 2.05) is 6.92 Å². The van der Waals surface area contributed by atoms with E-state index in [4.69, 9.17) is 4.98 Å². The minimum absolute atomic E-state index is 0.0150. The number of carbonyl (C=O) groups is 2. The highest BCUT2D eigenvalue weighted by atomic mass is 32.2. The summed E-state index contributed by atoms with van der Waals surface area (Å²) in [5.41, 5.74) is 1.16. The molecule has 0 unspecified atom stereocenters. The van der Waals surface area contributed by atoms with Crippen LogP contribution in [0.3, 0.4) is 0 Å². The molecule has 1 fully saturated rings. The Labute approximate surface area is 177 Å². The van der Waals surface area contributed by atoms with E-state index in [-0.39, 0.29) is 23.3 Å². The zero-order valence-electron chi connectivity index (χ0n) is 16.6. The maximum atomic E-state index is 13.1. The summed E-state index contributed by atoms with van der Waals surface area (Å²) in [6, 6.07) is -0.278. The highest BCUT2D eigenvalue weighted by Gasteiger charge is 2.23. The number of nitrogens with zero attached hydrogens (tertiary/aromatic N) is 2. The molecule has 2 aliphatic rings. The number of aryl methyl sites for hydroxylation is 2. The van der Waals surface area contributed by atoms with Gasteiger partial charge in [0.15, 0.2) is 5.16 Å². The average Bonchev–Trinajstić information content (AvgIpc) is 3.33. The van der Waals surface area contributed by atoms with Crippen molar-refractivity contribution in [3.8, 4) is 0 Å². The SMILES string of the molecule is CCn1c(SCC(=O)NC(=O)NC2CCCC2)nc2sc3c(c2c1=O)CCCC3. The van der Waals surface area contributed by atoms with Crippen LogP contribution in [0.25, 0.3) is 10.2 Å². The first-order chi connectivity index (χ1) is 14.1. The lowest BCUT2D eigenvalue weighted by molar-refractivity contribution is -0.117. The Balaban J connectivity index is 1.46. The predicted octanol–water partition coefficient (Wildman–Crippen LogP) is 3.22. The lowest BCUT2D eigenvalue weighted by Gasteiger charge is -2.13. The molecule has 2 aromatic heterocycles. The second-order valence-corrected chi connectivity index (χ2v) is 9.65. The van der Waals surface area contributed by atoms with E-state index in [0.29, 0.717) is 11.7 Å². The fourth-order valence-corrected chi connectivity index (χ4v) is 6.36. The normalized spacial score (nSPS) is 16.7. The number of urea groups is 1. The monoisotopic (exact) mass is 434 g/mol. The molecule has 29 heavy (non-hydrogen) atoms. The summed E-state index contributed by atoms with van der Waals surface area (Å²) in [6.45, 7) is 2.41. The molecule has 0 aromatic carbocycles. The summed E-state index contributed by atoms with van der Waals surface area (Å²) in [5.74, 6) is -0.339. The Kier molecular flexibility index (Phi) is 6.24. The van der Waals surface area contributed by atoms with E-state index in [1.54, 1.807) is 15.9 Å². The van der Waals surface area contributed by atoms with Crippen molar-refractivity contribution < 1.29 is 9.59 Å². The number of hydrogen-bond acceptors (Lipinski definition) is 6. The minimum Gasteiger partial charge on any atom is -0.335 e. The van der Waals surface area contributed by atoms with Gasteiger partial charge in [-0.2, -0.15) is 0 Å². The minimum atomic E-state index is -0.440. The lowest BCUT2D eigenvalue weighted by atomic mass is 9.97. The zero-order chi connectivity index (χ0) is 20.4. The molecule has 0 saturated heterocycles. The van der Waals surface area contributed by atoms with E-state index in [2.05, 4.69) is 10.6 Å². The van der Waals surface area contributed by atoms with Crippen molar-refractivity contribution in [3.63, 3.8) is 0 Å². The molecule has 0 spiro atoms. The molecule has 7 nitrogen and oxygen atoms in total. The van der Waals surface area contributed by atoms with E-state index >= 15 is 0 Å². The van der Waals surface area contributed by atoms with Crippen molar-refractivity contribution in [1.82, 2.24) is 20.2 Å². The molecule has 0 radical (unpaired) electrons. The number of nitrogens with one attached hydrogen (secondary N) is 2. The van der Waals surface area contributed by atoms with Gasteiger partial charge in [-0.1, -0.05) is 24.6 Å². The summed E-state index contributed by atoms with van der Waals surface area (Å²) in [4.78, 5) is 44.0. The fraction of sp³-hybridized carbons (Fsp3) is 0.600. The van der Waals surface area contributed by atoms with Crippen LogP contribution in [0, 0.1) is 0 Å². The van der Waals surface area contributed by atoms with Gasteiger partial charge in [0.1, 0.15) is 4.83 Å². The zero-order valence-corrected chi connectivity index (χ0v) is 18.2. The largest absolute Gasteiger partial charge is 0.335 e. The van der Waals surface area contributed by atoms with Gasteiger partial charge < -0.3 is 5.32 Å². The first-order valence-electron chi connectivity index (χ1n) is 10.3. The summed E-state index contributed by atoms with van der Waals surface area (Å²) in [5, 5.41) is 6.52. The van der Waals surface area contributed by atoms with E-state index in [1.165, 1.54) is 22.2 Å². The third kappa shape index (κ3) is 4.35. The van der Waals surface area contributed by atoms with Gasteiger partial charge in [-0.15, -0.1) is 11.3 Å². The van der Waals surface area contributed by atoms with Crippen LogP contribution in [0.5, 0.6) is 0 Å². The number of amides is 3. The number of thiophene rings is 1. The highest BCUT2D eigenvalue weighted by molar-refractivity contribution is 7.99. The predicted molar refractivity (Wildman–Crippen MR) is 116 cm³/mol. The Morgan fingerprint density at radius 3 is 2.72 bits per heavy atom. The van der Waals surface area contributed by atoms with Gasteiger partial charge in [0, 0.05) is 17.5 Å². The average molecular weight is 435 g/mol. The molecule has 0 atom stereocenters. The van der Waals surface area contributed by atoms with Gasteiger partial charge in [-0.3, -0.25) is 19.5 Å². The van der Waals surface area contributed by atoms with E-state index < -0.39 is 6.03 Å². The molecule has 2 N–H and O–H groups in total. The number of aromatic nitrogens is 2. The number of hydrogen-bond donors (Lipinski definition) is 2. The summed E-state index contributed by atoms with van der Waals surface area (Å²) >= 11 is 2.81. The first-order valence-corrected chi connectivity index (χ1v) is 12.1. The number of rotatable bonds is 5. The second kappa shape index (κ2) is 8.87. The molecule has 4 rings (SSSR count). The fourth-order valence-electron chi connectivity index (χ4n) is 4.19. The maximum absolute atomic E-state index is 13.1. The van der Waals surface area contributed by atoms with Crippen LogP contribution >= 0.6 is 23.1 Å². The van der Waals surface area contributed by atoms with Crippen LogP contribution in [0.4, 0.5) is 4.79 Å². The van der Waals surface area contributed by atoms with Crippen molar-refractivity contribution in [2.45, 2.75) is 76.0 Å². The molecule has 0 aliphatic heterocycles. The molecule has 0 bridgehead atoms. The standard InChI is InChI=1S/C20H26N4O3S2/c1-2-24-18(26)16-13-9-5-6-10-14(13)29-17(16)23-20(24)28-11-15(25)22-19(27)21-12-7-3-4-8-12/h12H,2-11H2,1H3,(H2,21,22,25,27). The van der Waals surface area contributed by atoms with Gasteiger partial charge in [-0.25, -0.2) is 9.78 Å². The van der Waals surface area contributed by atoms with Crippen molar-refractivity contribution >= 4 is 45.3 Å². The van der Waals surface area contributed by atoms with Crippen LogP contribution in [0.15, 0.2) is 9.95 Å². The molecule has 3 amide bonds. The van der Waals surface area contributed by atoms with Crippen molar-refractivity contribution in [2.24, 2.45) is 0 Å². The van der Waals surface area contributed by atoms with Crippen LogP contribution < -0.4 is 16.2 Å². The topological polar surface area (TPSA) is 93.1 Å². The molecule has 9 heteroatoms. The van der Waals surface area contributed by atoms with Gasteiger partial charge in [-0.05, 0) is 51.0 Å². The van der Waals surface area contributed by atoms with Crippen LogP contribution in [0.2, 0.25) is 0 Å². The third-order valence-electron chi connectivity index (χ3n) is 5.63. The van der Waals surface area contributed by atoms with Gasteiger partial charge in [0.25, 0.3) is 5.56 Å². The summed E-state index contributed by atoms with van der Waals surface area (Å²) < 4.78 is 1.64. The molecule has 2 aliphatic carbocycles. The van der Waals surface area contributed by atoms with E-state index in [9.17, 15) is 14.4 Å². The second-order valence-electron chi connectivity index (χ2n) is 7.63. The maximum Gasteiger partial charge on any atom is 0.321 e. The number of fused-ring (bicyclic) bond motifs is 3. The van der Waals surface area contributed by atoms with Gasteiger partial charge in [0.2, 0.25) is 5.91 Å². The third-order valence-corrected chi connectivity index (χ3v) is 7.79. The highest BCUT2D eigenvalue weighted by Crippen LogP contribution is 2.34. The molecule has 2 heterocycles. The molecule has 156 valence electrons. The Bertz CT molecular complexity index is 992. The lowest BCUT2D eigenvalue weighted by Crippen LogP contribution is -2.44. The molecular weight excluding hydrogens is 408 g/mol. The first kappa shape index (κ1) is 20.4. The molecular formula is C20H26N4O3S2. The Hall–Kier alpha value is -1.87. The van der Waals surface area contributed by atoms with Crippen LogP contribution in [0.1, 0.15) is 55.9 Å².